The van der Waals surface area contributed by atoms with Crippen LogP contribution in [0.2, 0.25) is 0 Å². The molecule has 32 heavy (non-hydrogen) atoms. The van der Waals surface area contributed by atoms with Gasteiger partial charge in [0.05, 0.1) is 12.3 Å². The fourth-order valence-corrected chi connectivity index (χ4v) is 3.48. The first-order valence-electron chi connectivity index (χ1n) is 10.2. The summed E-state index contributed by atoms with van der Waals surface area (Å²) in [6.07, 6.45) is 1.02. The molecule has 0 fully saturated rings. The van der Waals surface area contributed by atoms with Gasteiger partial charge in [-0.05, 0) is 37.5 Å². The lowest BCUT2D eigenvalue weighted by molar-refractivity contribution is -0.146. The second-order valence-corrected chi connectivity index (χ2v) is 7.15. The molecule has 1 aliphatic heterocycles. The van der Waals surface area contributed by atoms with E-state index < -0.39 is 36.5 Å². The highest BCUT2D eigenvalue weighted by Gasteiger charge is 2.35. The molecule has 8 nitrogen and oxygen atoms in total. The van der Waals surface area contributed by atoms with E-state index in [-0.39, 0.29) is 25.6 Å². The van der Waals surface area contributed by atoms with E-state index in [0.29, 0.717) is 24.3 Å². The van der Waals surface area contributed by atoms with Crippen LogP contribution in [0, 0.1) is 0 Å². The number of esters is 1. The summed E-state index contributed by atoms with van der Waals surface area (Å²) < 4.78 is 11.0. The summed E-state index contributed by atoms with van der Waals surface area (Å²) in [4.78, 5) is 38.3. The first-order chi connectivity index (χ1) is 15.0. The summed E-state index contributed by atoms with van der Waals surface area (Å²) in [5, 5.41) is 12.4. The molecule has 1 heterocycles. The highest BCUT2D eigenvalue weighted by Crippen LogP contribution is 2.31. The van der Waals surface area contributed by atoms with Gasteiger partial charge in [0.15, 0.2) is 0 Å². The molecule has 0 bridgehead atoms. The second kappa shape index (κ2) is 12.1. The zero-order valence-corrected chi connectivity index (χ0v) is 18.5. The molecule has 0 saturated carbocycles. The number of hydrogen-bond acceptors (Lipinski definition) is 6. The summed E-state index contributed by atoms with van der Waals surface area (Å²) in [6.45, 7) is 1.39. The van der Waals surface area contributed by atoms with Gasteiger partial charge in [0.1, 0.15) is 31.0 Å². The smallest absolute Gasteiger partial charge is 0.323 e. The molecular formula is C23H27ClN2O6. The Morgan fingerprint density at radius 2 is 1.88 bits per heavy atom. The standard InChI is InChI=1S/C23H26N2O6.ClH/c1-2-30-23(29)17(13-12-16-8-4-3-5-9-16)24-18-15-31-20-11-7-6-10-19(20)25(22(18)28)14-21(26)27;/h3-11,17-18,24H,2,12-15H2,1H3,(H,26,27);1H/t17-,18-;/m0./s1. The number of carboxylic acid groups (broad SMARTS) is 1. The predicted molar refractivity (Wildman–Crippen MR) is 121 cm³/mol. The van der Waals surface area contributed by atoms with Crippen molar-refractivity contribution in [3.8, 4) is 5.75 Å². The highest BCUT2D eigenvalue weighted by molar-refractivity contribution is 6.02. The largest absolute Gasteiger partial charge is 0.489 e. The van der Waals surface area contributed by atoms with Crippen molar-refractivity contribution in [3.63, 3.8) is 0 Å². The van der Waals surface area contributed by atoms with Crippen molar-refractivity contribution in [1.82, 2.24) is 5.32 Å². The number of nitrogens with one attached hydrogen (secondary N) is 1. The van der Waals surface area contributed by atoms with Crippen molar-refractivity contribution in [2.75, 3.05) is 24.7 Å². The molecule has 0 radical (unpaired) electrons. The van der Waals surface area contributed by atoms with Crippen molar-refractivity contribution >= 4 is 35.9 Å². The molecule has 1 aliphatic rings. The van der Waals surface area contributed by atoms with Crippen LogP contribution in [-0.2, 0) is 25.5 Å². The maximum absolute atomic E-state index is 13.2. The van der Waals surface area contributed by atoms with Gasteiger partial charge in [-0.1, -0.05) is 42.5 Å². The third-order valence-corrected chi connectivity index (χ3v) is 4.96. The van der Waals surface area contributed by atoms with E-state index in [9.17, 15) is 19.5 Å². The Labute approximate surface area is 192 Å². The van der Waals surface area contributed by atoms with Crippen LogP contribution in [0.4, 0.5) is 5.69 Å². The van der Waals surface area contributed by atoms with Gasteiger partial charge in [0, 0.05) is 0 Å². The van der Waals surface area contributed by atoms with Gasteiger partial charge in [0.2, 0.25) is 5.91 Å². The van der Waals surface area contributed by atoms with E-state index in [0.717, 1.165) is 5.56 Å². The quantitative estimate of drug-likeness (QED) is 0.551. The number of hydrogen-bond donors (Lipinski definition) is 2. The Hall–Kier alpha value is -3.10. The Bertz CT molecular complexity index is 924. The minimum Gasteiger partial charge on any atom is -0.489 e. The number of aliphatic carboxylic acids is 1. The van der Waals surface area contributed by atoms with Crippen LogP contribution in [0.3, 0.4) is 0 Å². The summed E-state index contributed by atoms with van der Waals surface area (Å²) in [6, 6.07) is 14.8. The fourth-order valence-electron chi connectivity index (χ4n) is 3.48. The predicted octanol–water partition coefficient (Wildman–Crippen LogP) is 2.44. The van der Waals surface area contributed by atoms with Crippen LogP contribution in [0.1, 0.15) is 18.9 Å². The van der Waals surface area contributed by atoms with Gasteiger partial charge >= 0.3 is 11.9 Å². The van der Waals surface area contributed by atoms with Gasteiger partial charge in [-0.2, -0.15) is 0 Å². The number of halogens is 1. The number of fused-ring (bicyclic) bond motifs is 1. The topological polar surface area (TPSA) is 105 Å². The first kappa shape index (κ1) is 25.2. The number of ether oxygens (including phenoxy) is 2. The second-order valence-electron chi connectivity index (χ2n) is 7.15. The van der Waals surface area contributed by atoms with Gasteiger partial charge in [0.25, 0.3) is 0 Å². The molecule has 2 aromatic rings. The normalized spacial score (nSPS) is 16.1. The fraction of sp³-hybridized carbons (Fsp3) is 0.348. The van der Waals surface area contributed by atoms with Crippen LogP contribution in [0.15, 0.2) is 54.6 Å². The summed E-state index contributed by atoms with van der Waals surface area (Å²) in [5.41, 5.74) is 1.44. The summed E-state index contributed by atoms with van der Waals surface area (Å²) in [5.74, 6) is -1.66. The number of benzene rings is 2. The molecule has 2 atom stereocenters. The van der Waals surface area contributed by atoms with Crippen molar-refractivity contribution in [2.45, 2.75) is 31.8 Å². The molecule has 1 amide bonds. The van der Waals surface area contributed by atoms with Crippen LogP contribution in [0.5, 0.6) is 5.75 Å². The number of carbonyl (C=O) groups excluding carboxylic acids is 2. The molecule has 172 valence electrons. The lowest BCUT2D eigenvalue weighted by Gasteiger charge is -2.26. The number of nitrogens with zero attached hydrogens (tertiary/aromatic N) is 1. The van der Waals surface area contributed by atoms with Crippen molar-refractivity contribution in [3.05, 3.63) is 60.2 Å². The van der Waals surface area contributed by atoms with Crippen molar-refractivity contribution < 1.29 is 29.0 Å². The number of carbonyl (C=O) groups is 3. The first-order valence-corrected chi connectivity index (χ1v) is 10.2. The van der Waals surface area contributed by atoms with E-state index in [1.54, 1.807) is 31.2 Å². The molecule has 0 aromatic heterocycles. The molecule has 3 rings (SSSR count). The van der Waals surface area contributed by atoms with Crippen LogP contribution in [-0.4, -0.2) is 54.8 Å². The Kier molecular flexibility index (Phi) is 9.49. The number of anilines is 1. The maximum Gasteiger partial charge on any atom is 0.323 e. The Morgan fingerprint density at radius 1 is 1.19 bits per heavy atom. The monoisotopic (exact) mass is 462 g/mol. The number of para-hydroxylation sites is 2. The SMILES string of the molecule is CCOC(=O)[C@H](CCc1ccccc1)N[C@H]1COc2ccccc2N(CC(=O)O)C1=O.Cl. The third-order valence-electron chi connectivity index (χ3n) is 4.96. The van der Waals surface area contributed by atoms with Gasteiger partial charge < -0.3 is 14.6 Å². The zero-order chi connectivity index (χ0) is 22.2. The van der Waals surface area contributed by atoms with E-state index in [1.165, 1.54) is 4.90 Å². The van der Waals surface area contributed by atoms with Crippen LogP contribution >= 0.6 is 12.4 Å². The Morgan fingerprint density at radius 3 is 2.56 bits per heavy atom. The van der Waals surface area contributed by atoms with Crippen molar-refractivity contribution in [1.29, 1.82) is 0 Å². The number of rotatable bonds is 9. The molecule has 0 saturated heterocycles. The van der Waals surface area contributed by atoms with E-state index in [4.69, 9.17) is 9.47 Å². The minimum absolute atomic E-state index is 0. The van der Waals surface area contributed by atoms with Gasteiger partial charge in [-0.15, -0.1) is 12.4 Å². The van der Waals surface area contributed by atoms with E-state index in [2.05, 4.69) is 5.32 Å². The minimum atomic E-state index is -1.14. The van der Waals surface area contributed by atoms with Crippen LogP contribution in [0.25, 0.3) is 0 Å². The van der Waals surface area contributed by atoms with E-state index >= 15 is 0 Å². The lowest BCUT2D eigenvalue weighted by Crippen LogP contribution is -2.55. The average Bonchev–Trinajstić information content (AvgIpc) is 2.89. The van der Waals surface area contributed by atoms with Gasteiger partial charge in [-0.25, -0.2) is 0 Å². The van der Waals surface area contributed by atoms with Crippen molar-refractivity contribution in [2.24, 2.45) is 0 Å². The number of amides is 1. The highest BCUT2D eigenvalue weighted by atomic mass is 35.5. The zero-order valence-electron chi connectivity index (χ0n) is 17.7. The maximum atomic E-state index is 13.2. The molecule has 9 heteroatoms. The van der Waals surface area contributed by atoms with Gasteiger partial charge in [-0.3, -0.25) is 24.6 Å². The molecule has 2 aromatic carbocycles. The molecule has 0 aliphatic carbocycles. The number of carboxylic acids is 1. The average molecular weight is 463 g/mol. The van der Waals surface area contributed by atoms with E-state index in [1.807, 2.05) is 30.3 Å². The Balaban J connectivity index is 0.00000363. The molecule has 0 spiro atoms. The third kappa shape index (κ3) is 6.45. The lowest BCUT2D eigenvalue weighted by atomic mass is 10.0. The number of aryl methyl sites for hydroxylation is 1. The molecule has 0 unspecified atom stereocenters. The van der Waals surface area contributed by atoms with Crippen LogP contribution < -0.4 is 15.0 Å². The molecular weight excluding hydrogens is 436 g/mol. The summed E-state index contributed by atoms with van der Waals surface area (Å²) in [7, 11) is 0. The summed E-state index contributed by atoms with van der Waals surface area (Å²) >= 11 is 0. The molecule has 2 N–H and O–H groups in total.